The fourth-order valence-corrected chi connectivity index (χ4v) is 1.51. The molecule has 0 aliphatic rings. The minimum Gasteiger partial charge on any atom is -0.462 e. The van der Waals surface area contributed by atoms with Crippen molar-refractivity contribution in [1.82, 2.24) is 4.72 Å². The molecular formula is C9H14F3NO4S. The Morgan fingerprint density at radius 3 is 2.22 bits per heavy atom. The summed E-state index contributed by atoms with van der Waals surface area (Å²) in [4.78, 5) is 10.9. The molecule has 1 N–H and O–H groups in total. The Labute approximate surface area is 104 Å². The number of carbonyl (C=O) groups is 1. The van der Waals surface area contributed by atoms with Crippen LogP contribution in [0.5, 0.6) is 0 Å². The Hall–Kier alpha value is -1.09. The van der Waals surface area contributed by atoms with Crippen molar-refractivity contribution in [3.05, 3.63) is 12.2 Å². The van der Waals surface area contributed by atoms with Gasteiger partial charge in [0.15, 0.2) is 0 Å². The largest absolute Gasteiger partial charge is 0.462 e. The van der Waals surface area contributed by atoms with Crippen molar-refractivity contribution < 1.29 is 31.1 Å². The minimum atomic E-state index is -4.83. The lowest BCUT2D eigenvalue weighted by Crippen LogP contribution is -2.39. The van der Waals surface area contributed by atoms with Crippen LogP contribution < -0.4 is 4.72 Å². The summed E-state index contributed by atoms with van der Waals surface area (Å²) in [6, 6.07) is 0. The molecule has 0 bridgehead atoms. The molecule has 0 aliphatic heterocycles. The number of hydrogen-bond donors (Lipinski definition) is 2. The summed E-state index contributed by atoms with van der Waals surface area (Å²) in [6.07, 6.45) is -4.80. The highest BCUT2D eigenvalue weighted by atomic mass is 32.2. The molecule has 0 rings (SSSR count). The smallest absolute Gasteiger partial charge is 0.422 e. The van der Waals surface area contributed by atoms with Crippen LogP contribution in [0, 0.1) is 0 Å². The second-order valence-electron chi connectivity index (χ2n) is 4.12. The van der Waals surface area contributed by atoms with Crippen molar-refractivity contribution in [2.75, 3.05) is 6.61 Å². The molecule has 0 heterocycles. The van der Waals surface area contributed by atoms with Gasteiger partial charge in [0.1, 0.15) is 5.57 Å². The molecule has 9 heteroatoms. The van der Waals surface area contributed by atoms with E-state index in [-0.39, 0.29) is 13.0 Å². The van der Waals surface area contributed by atoms with Gasteiger partial charge in [-0.25, -0.2) is 17.9 Å². The summed E-state index contributed by atoms with van der Waals surface area (Å²) >= 11 is 0. The molecule has 0 spiro atoms. The van der Waals surface area contributed by atoms with Crippen LogP contribution in [0.25, 0.3) is 0 Å². The number of hydrogen-bond acceptors (Lipinski definition) is 4. The maximum atomic E-state index is 12.0. The van der Waals surface area contributed by atoms with Crippen molar-refractivity contribution >= 4 is 16.9 Å². The van der Waals surface area contributed by atoms with Crippen molar-refractivity contribution in [1.29, 1.82) is 0 Å². The van der Waals surface area contributed by atoms with Crippen molar-refractivity contribution in [2.45, 2.75) is 32.0 Å². The van der Waals surface area contributed by atoms with Crippen LogP contribution in [0.4, 0.5) is 13.2 Å². The second-order valence-corrected chi connectivity index (χ2v) is 4.85. The predicted octanol–water partition coefficient (Wildman–Crippen LogP) is 0.933. The van der Waals surface area contributed by atoms with Gasteiger partial charge in [-0.1, -0.05) is 6.58 Å². The van der Waals surface area contributed by atoms with Crippen LogP contribution >= 0.6 is 0 Å². The first kappa shape index (κ1) is 16.9. The molecule has 0 fully saturated rings. The van der Waals surface area contributed by atoms with Crippen LogP contribution in [0.2, 0.25) is 0 Å². The van der Waals surface area contributed by atoms with Gasteiger partial charge in [-0.15, -0.1) is 0 Å². The first-order valence-electron chi connectivity index (χ1n) is 4.81. The zero-order valence-corrected chi connectivity index (χ0v) is 10.7. The predicted molar refractivity (Wildman–Crippen MR) is 58.3 cm³/mol. The molecule has 0 aromatic heterocycles. The quantitative estimate of drug-likeness (QED) is 0.433. The molecule has 18 heavy (non-hydrogen) atoms. The fourth-order valence-electron chi connectivity index (χ4n) is 0.905. The van der Waals surface area contributed by atoms with Gasteiger partial charge in [0.25, 0.3) is 0 Å². The van der Waals surface area contributed by atoms with E-state index in [2.05, 4.69) is 16.0 Å². The van der Waals surface area contributed by atoms with Gasteiger partial charge in [-0.05, 0) is 13.8 Å². The van der Waals surface area contributed by atoms with Crippen LogP contribution in [0.15, 0.2) is 12.2 Å². The number of alkyl halides is 3. The van der Waals surface area contributed by atoms with Crippen molar-refractivity contribution in [3.8, 4) is 0 Å². The number of esters is 1. The zero-order valence-electron chi connectivity index (χ0n) is 9.84. The van der Waals surface area contributed by atoms with Gasteiger partial charge in [0, 0.05) is 12.0 Å². The van der Waals surface area contributed by atoms with Crippen LogP contribution in [0.1, 0.15) is 20.3 Å². The highest BCUT2D eigenvalue weighted by Crippen LogP contribution is 2.25. The molecule has 0 saturated heterocycles. The number of ether oxygens (including phenoxy) is 1. The molecular weight excluding hydrogens is 275 g/mol. The SMILES string of the molecule is C=C(C(=O)OCCC(C)(C)N[SH](=O)=O)C(F)(F)F. The Kier molecular flexibility index (Phi) is 5.81. The topological polar surface area (TPSA) is 72.5 Å². The molecule has 0 saturated carbocycles. The Bertz CT molecular complexity index is 393. The summed E-state index contributed by atoms with van der Waals surface area (Å²) < 4.78 is 63.5. The van der Waals surface area contributed by atoms with Gasteiger partial charge in [0.2, 0.25) is 10.9 Å². The summed E-state index contributed by atoms with van der Waals surface area (Å²) in [5.74, 6) is -1.56. The van der Waals surface area contributed by atoms with E-state index in [0.717, 1.165) is 0 Å². The van der Waals surface area contributed by atoms with Crippen LogP contribution in [0.3, 0.4) is 0 Å². The minimum absolute atomic E-state index is 0.0349. The molecule has 0 amide bonds. The third kappa shape index (κ3) is 6.60. The average molecular weight is 289 g/mol. The van der Waals surface area contributed by atoms with Crippen molar-refractivity contribution in [2.24, 2.45) is 0 Å². The van der Waals surface area contributed by atoms with Gasteiger partial charge >= 0.3 is 12.1 Å². The van der Waals surface area contributed by atoms with E-state index in [1.165, 1.54) is 13.8 Å². The number of thiol groups is 1. The van der Waals surface area contributed by atoms with E-state index < -0.39 is 34.1 Å². The summed E-state index contributed by atoms with van der Waals surface area (Å²) in [5.41, 5.74) is -2.50. The first-order valence-corrected chi connectivity index (χ1v) is 5.99. The van der Waals surface area contributed by atoms with Gasteiger partial charge in [-0.3, -0.25) is 0 Å². The van der Waals surface area contributed by atoms with E-state index in [0.29, 0.717) is 0 Å². The monoisotopic (exact) mass is 289 g/mol. The number of nitrogens with one attached hydrogen (secondary N) is 1. The number of halogens is 3. The third-order valence-electron chi connectivity index (χ3n) is 1.94. The normalized spacial score (nSPS) is 12.6. The highest BCUT2D eigenvalue weighted by molar-refractivity contribution is 7.70. The van der Waals surface area contributed by atoms with E-state index in [1.807, 2.05) is 0 Å². The van der Waals surface area contributed by atoms with Gasteiger partial charge < -0.3 is 4.74 Å². The molecule has 5 nitrogen and oxygen atoms in total. The molecule has 106 valence electrons. The maximum absolute atomic E-state index is 12.0. The molecule has 0 unspecified atom stereocenters. The van der Waals surface area contributed by atoms with E-state index in [4.69, 9.17) is 0 Å². The summed E-state index contributed by atoms with van der Waals surface area (Å²) in [7, 11) is -2.84. The van der Waals surface area contributed by atoms with E-state index >= 15 is 0 Å². The summed E-state index contributed by atoms with van der Waals surface area (Å²) in [5, 5.41) is 0. The lowest BCUT2D eigenvalue weighted by atomic mass is 10.0. The molecule has 0 aliphatic carbocycles. The fraction of sp³-hybridized carbons (Fsp3) is 0.667. The Balaban J connectivity index is 4.21. The maximum Gasteiger partial charge on any atom is 0.422 e. The molecule has 0 atom stereocenters. The Morgan fingerprint density at radius 2 is 1.83 bits per heavy atom. The first-order chi connectivity index (χ1) is 7.96. The lowest BCUT2D eigenvalue weighted by Gasteiger charge is -2.22. The summed E-state index contributed by atoms with van der Waals surface area (Å²) in [6.45, 7) is 5.24. The third-order valence-corrected chi connectivity index (χ3v) is 2.73. The van der Waals surface area contributed by atoms with Crippen LogP contribution in [-0.2, 0) is 20.4 Å². The standard InChI is InChI=1S/C9H14F3NO4S/c1-6(9(10,11)12)7(14)17-5-4-8(2,3)13-18(15)16/h18H,1,4-5H2,2-3H3,(H,13,15,16). The Morgan fingerprint density at radius 1 is 1.33 bits per heavy atom. The number of rotatable bonds is 6. The lowest BCUT2D eigenvalue weighted by molar-refractivity contribution is -0.150. The second kappa shape index (κ2) is 6.19. The molecule has 0 aromatic carbocycles. The zero-order chi connectivity index (χ0) is 14.6. The van der Waals surface area contributed by atoms with E-state index in [9.17, 15) is 26.4 Å². The molecule has 0 aromatic rings. The van der Waals surface area contributed by atoms with Crippen LogP contribution in [-0.4, -0.2) is 32.7 Å². The molecule has 0 radical (unpaired) electrons. The van der Waals surface area contributed by atoms with Gasteiger partial charge in [-0.2, -0.15) is 13.2 Å². The van der Waals surface area contributed by atoms with E-state index in [1.54, 1.807) is 0 Å². The highest BCUT2D eigenvalue weighted by Gasteiger charge is 2.38. The number of carbonyl (C=O) groups excluding carboxylic acids is 1. The van der Waals surface area contributed by atoms with Crippen molar-refractivity contribution in [3.63, 3.8) is 0 Å². The average Bonchev–Trinajstić information content (AvgIpc) is 2.12. The van der Waals surface area contributed by atoms with Gasteiger partial charge in [0.05, 0.1) is 6.61 Å².